The Labute approximate surface area is 105 Å². The van der Waals surface area contributed by atoms with Crippen molar-refractivity contribution in [3.63, 3.8) is 0 Å². The third-order valence-corrected chi connectivity index (χ3v) is 3.84. The number of carboxylic acids is 2. The maximum absolute atomic E-state index is 11.5. The lowest BCUT2D eigenvalue weighted by Crippen LogP contribution is -2.43. The summed E-state index contributed by atoms with van der Waals surface area (Å²) >= 11 is 0. The minimum atomic E-state index is -1.69. The van der Waals surface area contributed by atoms with Crippen LogP contribution in [0, 0.1) is 5.41 Å². The van der Waals surface area contributed by atoms with Crippen molar-refractivity contribution in [2.75, 3.05) is 0 Å². The number of carbonyl (C=O) groups is 2. The van der Waals surface area contributed by atoms with Crippen LogP contribution in [0.5, 0.6) is 0 Å². The van der Waals surface area contributed by atoms with E-state index in [4.69, 9.17) is 0 Å². The molecule has 1 aliphatic carbocycles. The largest absolute Gasteiger partial charge is 0.480 e. The van der Waals surface area contributed by atoms with Crippen molar-refractivity contribution in [2.24, 2.45) is 5.41 Å². The lowest BCUT2D eigenvalue weighted by molar-refractivity contribution is -0.166. The standard InChI is InChI=1S/C14H16O4/c1-2-5-11-10-7-4-3-6-9(10)8-14(11,12(15)16)13(17)18/h3-4,6-7,11H,2,5,8H2,1H3,(H,15,16)(H,17,18). The Hall–Kier alpha value is -1.84. The van der Waals surface area contributed by atoms with E-state index in [0.29, 0.717) is 6.42 Å². The molecule has 1 atom stereocenters. The molecule has 0 aliphatic heterocycles. The number of fused-ring (bicyclic) bond motifs is 1. The number of carboxylic acid groups (broad SMARTS) is 2. The summed E-state index contributed by atoms with van der Waals surface area (Å²) in [5.41, 5.74) is 0.0320. The first-order valence-corrected chi connectivity index (χ1v) is 6.08. The van der Waals surface area contributed by atoms with Crippen LogP contribution in [0.15, 0.2) is 24.3 Å². The van der Waals surface area contributed by atoms with Gasteiger partial charge in [-0.05, 0) is 17.5 Å². The average molecular weight is 248 g/mol. The average Bonchev–Trinajstić information content (AvgIpc) is 2.66. The van der Waals surface area contributed by atoms with Gasteiger partial charge in [-0.2, -0.15) is 0 Å². The summed E-state index contributed by atoms with van der Waals surface area (Å²) in [5, 5.41) is 18.8. The van der Waals surface area contributed by atoms with Gasteiger partial charge in [-0.3, -0.25) is 9.59 Å². The summed E-state index contributed by atoms with van der Waals surface area (Å²) in [7, 11) is 0. The predicted octanol–water partition coefficient (Wildman–Crippen LogP) is 2.28. The molecule has 2 N–H and O–H groups in total. The van der Waals surface area contributed by atoms with E-state index in [-0.39, 0.29) is 6.42 Å². The van der Waals surface area contributed by atoms with Gasteiger partial charge in [0, 0.05) is 12.3 Å². The first-order chi connectivity index (χ1) is 8.54. The minimum Gasteiger partial charge on any atom is -0.480 e. The molecule has 0 amide bonds. The normalized spacial score (nSPS) is 20.4. The van der Waals surface area contributed by atoms with Crippen molar-refractivity contribution in [1.82, 2.24) is 0 Å². The number of aliphatic carboxylic acids is 2. The van der Waals surface area contributed by atoms with Gasteiger partial charge in [-0.1, -0.05) is 37.6 Å². The Balaban J connectivity index is 2.57. The van der Waals surface area contributed by atoms with Crippen LogP contribution in [0.3, 0.4) is 0 Å². The van der Waals surface area contributed by atoms with E-state index in [2.05, 4.69) is 0 Å². The van der Waals surface area contributed by atoms with Crippen LogP contribution >= 0.6 is 0 Å². The van der Waals surface area contributed by atoms with Crippen LogP contribution in [0.2, 0.25) is 0 Å². The fourth-order valence-corrected chi connectivity index (χ4v) is 2.96. The van der Waals surface area contributed by atoms with Crippen LogP contribution in [0.25, 0.3) is 0 Å². The van der Waals surface area contributed by atoms with Crippen molar-refractivity contribution < 1.29 is 19.8 Å². The molecule has 1 unspecified atom stereocenters. The molecule has 0 heterocycles. The zero-order valence-corrected chi connectivity index (χ0v) is 10.2. The van der Waals surface area contributed by atoms with E-state index in [0.717, 1.165) is 17.5 Å². The van der Waals surface area contributed by atoms with Crippen LogP contribution in [0.1, 0.15) is 36.8 Å². The number of rotatable bonds is 4. The van der Waals surface area contributed by atoms with Gasteiger partial charge in [0.05, 0.1) is 0 Å². The first-order valence-electron chi connectivity index (χ1n) is 6.08. The lowest BCUT2D eigenvalue weighted by atomic mass is 9.74. The van der Waals surface area contributed by atoms with E-state index >= 15 is 0 Å². The maximum Gasteiger partial charge on any atom is 0.322 e. The Bertz CT molecular complexity index is 478. The molecule has 1 aromatic rings. The molecule has 0 spiro atoms. The molecule has 1 aliphatic rings. The van der Waals surface area contributed by atoms with E-state index in [1.54, 1.807) is 0 Å². The summed E-state index contributed by atoms with van der Waals surface area (Å²) in [6, 6.07) is 7.33. The molecule has 0 radical (unpaired) electrons. The first kappa shape index (κ1) is 12.6. The van der Waals surface area contributed by atoms with Gasteiger partial charge in [-0.25, -0.2) is 0 Å². The van der Waals surface area contributed by atoms with Crippen molar-refractivity contribution in [3.8, 4) is 0 Å². The van der Waals surface area contributed by atoms with E-state index in [1.165, 1.54) is 0 Å². The van der Waals surface area contributed by atoms with Gasteiger partial charge in [-0.15, -0.1) is 0 Å². The van der Waals surface area contributed by atoms with Crippen LogP contribution in [-0.2, 0) is 16.0 Å². The van der Waals surface area contributed by atoms with Gasteiger partial charge in [0.25, 0.3) is 0 Å². The molecule has 0 aromatic heterocycles. The molecule has 0 saturated carbocycles. The quantitative estimate of drug-likeness (QED) is 0.801. The summed E-state index contributed by atoms with van der Waals surface area (Å²) in [6.45, 7) is 1.94. The van der Waals surface area contributed by atoms with Gasteiger partial charge in [0.2, 0.25) is 0 Å². The zero-order chi connectivity index (χ0) is 13.3. The Morgan fingerprint density at radius 3 is 2.44 bits per heavy atom. The minimum absolute atomic E-state index is 0.0819. The molecule has 96 valence electrons. The molecule has 4 nitrogen and oxygen atoms in total. The highest BCUT2D eigenvalue weighted by Gasteiger charge is 2.57. The molecule has 18 heavy (non-hydrogen) atoms. The number of benzene rings is 1. The van der Waals surface area contributed by atoms with Gasteiger partial charge in [0.15, 0.2) is 5.41 Å². The van der Waals surface area contributed by atoms with Crippen molar-refractivity contribution in [1.29, 1.82) is 0 Å². The van der Waals surface area contributed by atoms with E-state index in [9.17, 15) is 19.8 Å². The Morgan fingerprint density at radius 1 is 1.28 bits per heavy atom. The monoisotopic (exact) mass is 248 g/mol. The van der Waals surface area contributed by atoms with Gasteiger partial charge < -0.3 is 10.2 Å². The third-order valence-electron chi connectivity index (χ3n) is 3.84. The third kappa shape index (κ3) is 1.60. The second kappa shape index (κ2) is 4.44. The summed E-state index contributed by atoms with van der Waals surface area (Å²) in [5.74, 6) is -2.90. The van der Waals surface area contributed by atoms with Gasteiger partial charge in [0.1, 0.15) is 0 Å². The van der Waals surface area contributed by atoms with E-state index < -0.39 is 23.3 Å². The Morgan fingerprint density at radius 2 is 1.89 bits per heavy atom. The fraction of sp³-hybridized carbons (Fsp3) is 0.429. The van der Waals surface area contributed by atoms with Crippen LogP contribution in [0.4, 0.5) is 0 Å². The number of hydrogen-bond donors (Lipinski definition) is 2. The topological polar surface area (TPSA) is 74.6 Å². The van der Waals surface area contributed by atoms with Crippen molar-refractivity contribution in [2.45, 2.75) is 32.1 Å². The highest BCUT2D eigenvalue weighted by Crippen LogP contribution is 2.50. The highest BCUT2D eigenvalue weighted by atomic mass is 16.4. The lowest BCUT2D eigenvalue weighted by Gasteiger charge is -2.27. The highest BCUT2D eigenvalue weighted by molar-refractivity contribution is 6.01. The molecular weight excluding hydrogens is 232 g/mol. The second-order valence-electron chi connectivity index (χ2n) is 4.80. The predicted molar refractivity (Wildman–Crippen MR) is 65.5 cm³/mol. The summed E-state index contributed by atoms with van der Waals surface area (Å²) in [4.78, 5) is 23.1. The van der Waals surface area contributed by atoms with Gasteiger partial charge >= 0.3 is 11.9 Å². The number of hydrogen-bond acceptors (Lipinski definition) is 2. The van der Waals surface area contributed by atoms with Crippen molar-refractivity contribution >= 4 is 11.9 Å². The smallest absolute Gasteiger partial charge is 0.322 e. The van der Waals surface area contributed by atoms with Crippen molar-refractivity contribution in [3.05, 3.63) is 35.4 Å². The molecule has 0 bridgehead atoms. The molecular formula is C14H16O4. The summed E-state index contributed by atoms with van der Waals surface area (Å²) < 4.78 is 0. The molecule has 2 rings (SSSR count). The van der Waals surface area contributed by atoms with Crippen LogP contribution in [-0.4, -0.2) is 22.2 Å². The van der Waals surface area contributed by atoms with E-state index in [1.807, 2.05) is 31.2 Å². The maximum atomic E-state index is 11.5. The zero-order valence-electron chi connectivity index (χ0n) is 10.2. The molecule has 0 fully saturated rings. The molecule has 1 aromatic carbocycles. The summed E-state index contributed by atoms with van der Waals surface area (Å²) in [6.07, 6.45) is 1.43. The Kier molecular flexibility index (Phi) is 3.11. The van der Waals surface area contributed by atoms with Crippen LogP contribution < -0.4 is 0 Å². The molecule has 4 heteroatoms. The fourth-order valence-electron chi connectivity index (χ4n) is 2.96. The molecule has 0 saturated heterocycles. The SMILES string of the molecule is CCCC1c2ccccc2CC1(C(=O)O)C(=O)O. The second-order valence-corrected chi connectivity index (χ2v) is 4.80.